The maximum Gasteiger partial charge on any atom is 0.328 e. The van der Waals surface area contributed by atoms with Crippen LogP contribution in [0, 0.1) is 0 Å². The van der Waals surface area contributed by atoms with Gasteiger partial charge in [-0.2, -0.15) is 0 Å². The van der Waals surface area contributed by atoms with Crippen molar-refractivity contribution in [1.29, 1.82) is 0 Å². The standard InChI is InChI=1S/C11H12BrNO5/c1-18-6-2-3-8(12)7(4-6)10(15)13-9(5-14)11(16)17/h2-4,9,14H,5H2,1H3,(H,13,15)(H,16,17). The second-order valence-corrected chi connectivity index (χ2v) is 4.25. The summed E-state index contributed by atoms with van der Waals surface area (Å²) in [6.45, 7) is -0.678. The third-order valence-electron chi connectivity index (χ3n) is 2.20. The molecule has 0 saturated heterocycles. The number of hydrogen-bond acceptors (Lipinski definition) is 4. The van der Waals surface area contributed by atoms with Crippen LogP contribution in [0.15, 0.2) is 22.7 Å². The van der Waals surface area contributed by atoms with Crippen molar-refractivity contribution in [1.82, 2.24) is 5.32 Å². The smallest absolute Gasteiger partial charge is 0.328 e. The Labute approximate surface area is 112 Å². The number of benzene rings is 1. The lowest BCUT2D eigenvalue weighted by atomic mass is 10.2. The van der Waals surface area contributed by atoms with Gasteiger partial charge >= 0.3 is 5.97 Å². The molecule has 98 valence electrons. The second-order valence-electron chi connectivity index (χ2n) is 3.39. The van der Waals surface area contributed by atoms with Gasteiger partial charge in [-0.3, -0.25) is 4.79 Å². The fourth-order valence-electron chi connectivity index (χ4n) is 1.23. The molecule has 0 aliphatic rings. The van der Waals surface area contributed by atoms with Crippen molar-refractivity contribution >= 4 is 27.8 Å². The van der Waals surface area contributed by atoms with E-state index in [0.717, 1.165) is 0 Å². The molecule has 0 fully saturated rings. The molecule has 0 aliphatic carbocycles. The number of rotatable bonds is 5. The number of carboxylic acid groups (broad SMARTS) is 1. The summed E-state index contributed by atoms with van der Waals surface area (Å²) in [6.07, 6.45) is 0. The lowest BCUT2D eigenvalue weighted by Gasteiger charge is -2.13. The molecular weight excluding hydrogens is 306 g/mol. The zero-order chi connectivity index (χ0) is 13.7. The number of carbonyl (C=O) groups excluding carboxylic acids is 1. The van der Waals surface area contributed by atoms with Crippen LogP contribution in [0.2, 0.25) is 0 Å². The van der Waals surface area contributed by atoms with Crippen LogP contribution in [0.25, 0.3) is 0 Å². The van der Waals surface area contributed by atoms with Crippen LogP contribution in [0.1, 0.15) is 10.4 Å². The summed E-state index contributed by atoms with van der Waals surface area (Å²) in [5, 5.41) is 19.8. The molecule has 1 atom stereocenters. The molecule has 0 heterocycles. The Bertz CT molecular complexity index is 463. The molecule has 1 aromatic carbocycles. The van der Waals surface area contributed by atoms with Gasteiger partial charge in [0, 0.05) is 4.47 Å². The monoisotopic (exact) mass is 317 g/mol. The average Bonchev–Trinajstić information content (AvgIpc) is 2.35. The van der Waals surface area contributed by atoms with Crippen LogP contribution < -0.4 is 10.1 Å². The van der Waals surface area contributed by atoms with E-state index in [-0.39, 0.29) is 5.56 Å². The number of amides is 1. The molecule has 3 N–H and O–H groups in total. The number of aliphatic hydroxyl groups excluding tert-OH is 1. The van der Waals surface area contributed by atoms with Crippen LogP contribution in [0.5, 0.6) is 5.75 Å². The number of nitrogens with one attached hydrogen (secondary N) is 1. The van der Waals surface area contributed by atoms with E-state index in [4.69, 9.17) is 14.9 Å². The summed E-state index contributed by atoms with van der Waals surface area (Å²) >= 11 is 3.18. The Morgan fingerprint density at radius 2 is 2.17 bits per heavy atom. The number of carboxylic acids is 1. The zero-order valence-corrected chi connectivity index (χ0v) is 11.1. The lowest BCUT2D eigenvalue weighted by Crippen LogP contribution is -2.43. The minimum Gasteiger partial charge on any atom is -0.497 e. The van der Waals surface area contributed by atoms with E-state index in [9.17, 15) is 9.59 Å². The average molecular weight is 318 g/mol. The summed E-state index contributed by atoms with van der Waals surface area (Å²) in [5.41, 5.74) is 0.231. The van der Waals surface area contributed by atoms with Gasteiger partial charge in [0.05, 0.1) is 19.3 Å². The third kappa shape index (κ3) is 3.44. The first-order valence-corrected chi connectivity index (χ1v) is 5.77. The fraction of sp³-hybridized carbons (Fsp3) is 0.273. The maximum absolute atomic E-state index is 11.8. The SMILES string of the molecule is COc1ccc(Br)c(C(=O)NC(CO)C(=O)O)c1. The van der Waals surface area contributed by atoms with Gasteiger partial charge in [-0.05, 0) is 34.1 Å². The number of hydrogen-bond donors (Lipinski definition) is 3. The molecule has 0 aliphatic heterocycles. The van der Waals surface area contributed by atoms with Crippen molar-refractivity contribution < 1.29 is 24.5 Å². The van der Waals surface area contributed by atoms with Crippen LogP contribution in [0.3, 0.4) is 0 Å². The van der Waals surface area contributed by atoms with Gasteiger partial charge < -0.3 is 20.3 Å². The lowest BCUT2D eigenvalue weighted by molar-refractivity contribution is -0.140. The Hall–Kier alpha value is -1.60. The molecule has 0 spiro atoms. The van der Waals surface area contributed by atoms with Gasteiger partial charge in [-0.25, -0.2) is 4.79 Å². The first kappa shape index (κ1) is 14.5. The number of carbonyl (C=O) groups is 2. The number of methoxy groups -OCH3 is 1. The van der Waals surface area contributed by atoms with Crippen LogP contribution in [-0.4, -0.2) is 41.8 Å². The first-order valence-electron chi connectivity index (χ1n) is 4.97. The van der Waals surface area contributed by atoms with Gasteiger partial charge in [0.15, 0.2) is 6.04 Å². The largest absolute Gasteiger partial charge is 0.497 e. The normalized spacial score (nSPS) is 11.7. The predicted molar refractivity (Wildman–Crippen MR) is 66.7 cm³/mol. The van der Waals surface area contributed by atoms with E-state index in [1.165, 1.54) is 13.2 Å². The predicted octanol–water partition coefficient (Wildman–Crippen LogP) is 0.633. The van der Waals surface area contributed by atoms with Gasteiger partial charge in [0.2, 0.25) is 0 Å². The molecule has 7 heteroatoms. The summed E-state index contributed by atoms with van der Waals surface area (Å²) in [4.78, 5) is 22.5. The number of aliphatic hydroxyl groups is 1. The number of aliphatic carboxylic acids is 1. The highest BCUT2D eigenvalue weighted by Crippen LogP contribution is 2.22. The zero-order valence-electron chi connectivity index (χ0n) is 9.51. The minimum atomic E-state index is -1.34. The Kier molecular flexibility index (Phi) is 5.11. The number of ether oxygens (including phenoxy) is 1. The number of halogens is 1. The summed E-state index contributed by atoms with van der Waals surface area (Å²) in [7, 11) is 1.46. The second kappa shape index (κ2) is 6.36. The molecule has 0 saturated carbocycles. The first-order chi connectivity index (χ1) is 8.49. The van der Waals surface area contributed by atoms with Crippen molar-refractivity contribution in [3.05, 3.63) is 28.2 Å². The molecule has 0 aromatic heterocycles. The quantitative estimate of drug-likeness (QED) is 0.740. The summed E-state index contributed by atoms with van der Waals surface area (Å²) in [6, 6.07) is 3.40. The highest BCUT2D eigenvalue weighted by Gasteiger charge is 2.21. The van der Waals surface area contributed by atoms with Crippen LogP contribution in [-0.2, 0) is 4.79 Å². The van der Waals surface area contributed by atoms with Crippen LogP contribution in [0.4, 0.5) is 0 Å². The molecule has 1 aromatic rings. The molecule has 1 unspecified atom stereocenters. The molecule has 18 heavy (non-hydrogen) atoms. The Morgan fingerprint density at radius 1 is 1.50 bits per heavy atom. The van der Waals surface area contributed by atoms with Crippen molar-refractivity contribution in [2.24, 2.45) is 0 Å². The minimum absolute atomic E-state index is 0.231. The van der Waals surface area contributed by atoms with Crippen molar-refractivity contribution in [2.45, 2.75) is 6.04 Å². The van der Waals surface area contributed by atoms with Gasteiger partial charge in [0.1, 0.15) is 5.75 Å². The molecule has 1 rings (SSSR count). The fourth-order valence-corrected chi connectivity index (χ4v) is 1.65. The topological polar surface area (TPSA) is 95.9 Å². The molecular formula is C11H12BrNO5. The summed E-state index contributed by atoms with van der Waals surface area (Å²) in [5.74, 6) is -1.44. The highest BCUT2D eigenvalue weighted by molar-refractivity contribution is 9.10. The van der Waals surface area contributed by atoms with E-state index in [1.54, 1.807) is 12.1 Å². The molecule has 6 nitrogen and oxygen atoms in total. The molecule has 0 bridgehead atoms. The third-order valence-corrected chi connectivity index (χ3v) is 2.90. The van der Waals surface area contributed by atoms with E-state index in [2.05, 4.69) is 21.2 Å². The van der Waals surface area contributed by atoms with E-state index in [0.29, 0.717) is 10.2 Å². The van der Waals surface area contributed by atoms with E-state index >= 15 is 0 Å². The Morgan fingerprint density at radius 3 is 2.67 bits per heavy atom. The Balaban J connectivity index is 2.93. The highest BCUT2D eigenvalue weighted by atomic mass is 79.9. The van der Waals surface area contributed by atoms with E-state index in [1.807, 2.05) is 0 Å². The van der Waals surface area contributed by atoms with Gasteiger partial charge in [0.25, 0.3) is 5.91 Å². The van der Waals surface area contributed by atoms with Gasteiger partial charge in [-0.15, -0.1) is 0 Å². The van der Waals surface area contributed by atoms with Gasteiger partial charge in [-0.1, -0.05) is 0 Å². The van der Waals surface area contributed by atoms with Crippen molar-refractivity contribution in [3.63, 3.8) is 0 Å². The van der Waals surface area contributed by atoms with E-state index < -0.39 is 24.5 Å². The van der Waals surface area contributed by atoms with Crippen molar-refractivity contribution in [3.8, 4) is 5.75 Å². The van der Waals surface area contributed by atoms with Crippen LogP contribution >= 0.6 is 15.9 Å². The molecule has 0 radical (unpaired) electrons. The maximum atomic E-state index is 11.8. The van der Waals surface area contributed by atoms with Crippen molar-refractivity contribution in [2.75, 3.05) is 13.7 Å². The summed E-state index contributed by atoms with van der Waals surface area (Å²) < 4.78 is 5.47. The molecule has 1 amide bonds.